The fourth-order valence-electron chi connectivity index (χ4n) is 1.54. The number of thiophene rings is 1. The van der Waals surface area contributed by atoms with E-state index in [0.29, 0.717) is 11.4 Å². The lowest BCUT2D eigenvalue weighted by Crippen LogP contribution is -2.07. The van der Waals surface area contributed by atoms with Crippen LogP contribution in [0.2, 0.25) is 0 Å². The van der Waals surface area contributed by atoms with Gasteiger partial charge in [0.1, 0.15) is 11.8 Å². The molecule has 0 aliphatic rings. The minimum atomic E-state index is -0.225. The van der Waals surface area contributed by atoms with E-state index in [0.717, 1.165) is 8.66 Å². The zero-order valence-electron chi connectivity index (χ0n) is 10.9. The van der Waals surface area contributed by atoms with Crippen molar-refractivity contribution in [2.24, 2.45) is 0 Å². The van der Waals surface area contributed by atoms with E-state index in [2.05, 4.69) is 21.2 Å². The number of rotatable bonds is 5. The highest BCUT2D eigenvalue weighted by Crippen LogP contribution is 2.23. The van der Waals surface area contributed by atoms with E-state index < -0.39 is 0 Å². The van der Waals surface area contributed by atoms with Gasteiger partial charge >= 0.3 is 0 Å². The van der Waals surface area contributed by atoms with Gasteiger partial charge in [-0.3, -0.25) is 4.79 Å². The summed E-state index contributed by atoms with van der Waals surface area (Å²) in [5.74, 6) is 0.317. The number of carbonyl (C=O) groups is 1. The van der Waals surface area contributed by atoms with Gasteiger partial charge in [-0.1, -0.05) is 6.07 Å². The van der Waals surface area contributed by atoms with E-state index in [-0.39, 0.29) is 12.5 Å². The van der Waals surface area contributed by atoms with E-state index in [1.54, 1.807) is 41.7 Å². The number of nitrogens with one attached hydrogen (secondary N) is 1. The molecule has 1 aromatic heterocycles. The number of nitrogens with zero attached hydrogens (tertiary/aromatic N) is 1. The summed E-state index contributed by atoms with van der Waals surface area (Å²) in [5, 5.41) is 11.2. The number of benzene rings is 1. The zero-order valence-corrected chi connectivity index (χ0v) is 13.3. The van der Waals surface area contributed by atoms with Crippen LogP contribution in [0.15, 0.2) is 46.3 Å². The summed E-state index contributed by atoms with van der Waals surface area (Å²) < 4.78 is 6.19. The average molecular weight is 363 g/mol. The van der Waals surface area contributed by atoms with Crippen LogP contribution in [-0.2, 0) is 4.79 Å². The van der Waals surface area contributed by atoms with E-state index in [1.807, 2.05) is 18.2 Å². The summed E-state index contributed by atoms with van der Waals surface area (Å²) in [6.07, 6.45) is 3.22. The summed E-state index contributed by atoms with van der Waals surface area (Å²) in [4.78, 5) is 12.8. The van der Waals surface area contributed by atoms with Gasteiger partial charge in [0.25, 0.3) is 0 Å². The standard InChI is InChI=1S/C15H11BrN2O2S/c16-14-6-4-13(21-14)5-7-15(19)18-11-2-1-3-12(10-11)20-9-8-17/h1-7,10H,9H2,(H,18,19)/b7-5+. The van der Waals surface area contributed by atoms with Gasteiger partial charge in [0.15, 0.2) is 6.61 Å². The first-order chi connectivity index (χ1) is 10.2. The van der Waals surface area contributed by atoms with Gasteiger partial charge in [0.05, 0.1) is 3.79 Å². The van der Waals surface area contributed by atoms with Crippen LogP contribution in [0.1, 0.15) is 4.88 Å². The smallest absolute Gasteiger partial charge is 0.248 e. The van der Waals surface area contributed by atoms with E-state index in [1.165, 1.54) is 6.08 Å². The molecule has 2 aromatic rings. The maximum absolute atomic E-state index is 11.8. The number of halogens is 1. The van der Waals surface area contributed by atoms with Gasteiger partial charge in [-0.2, -0.15) is 5.26 Å². The van der Waals surface area contributed by atoms with Crippen LogP contribution < -0.4 is 10.1 Å². The van der Waals surface area contributed by atoms with Gasteiger partial charge in [-0.05, 0) is 46.3 Å². The highest BCUT2D eigenvalue weighted by molar-refractivity contribution is 9.11. The lowest BCUT2D eigenvalue weighted by molar-refractivity contribution is -0.111. The summed E-state index contributed by atoms with van der Waals surface area (Å²) in [7, 11) is 0. The Labute approximate surface area is 134 Å². The van der Waals surface area contributed by atoms with Crippen molar-refractivity contribution in [3.05, 3.63) is 51.1 Å². The fraction of sp³-hybridized carbons (Fsp3) is 0.0667. The molecular weight excluding hydrogens is 352 g/mol. The van der Waals surface area contributed by atoms with Gasteiger partial charge in [-0.15, -0.1) is 11.3 Å². The number of amides is 1. The molecule has 0 atom stereocenters. The number of carbonyl (C=O) groups excluding carboxylic acids is 1. The molecule has 1 aromatic carbocycles. The molecule has 0 aliphatic carbocycles. The zero-order chi connectivity index (χ0) is 15.1. The molecular formula is C15H11BrN2O2S. The van der Waals surface area contributed by atoms with Crippen LogP contribution in [0.25, 0.3) is 6.08 Å². The first-order valence-corrected chi connectivity index (χ1v) is 7.62. The molecule has 0 spiro atoms. The normalized spacial score (nSPS) is 10.3. The maximum Gasteiger partial charge on any atom is 0.248 e. The Morgan fingerprint density at radius 1 is 1.43 bits per heavy atom. The average Bonchev–Trinajstić information content (AvgIpc) is 2.89. The third-order valence-electron chi connectivity index (χ3n) is 2.40. The molecule has 0 bridgehead atoms. The Bertz CT molecular complexity index is 704. The van der Waals surface area contributed by atoms with Crippen molar-refractivity contribution >= 4 is 44.9 Å². The molecule has 106 valence electrons. The molecule has 6 heteroatoms. The van der Waals surface area contributed by atoms with Gasteiger partial charge < -0.3 is 10.1 Å². The largest absolute Gasteiger partial charge is 0.479 e. The van der Waals surface area contributed by atoms with Crippen molar-refractivity contribution in [2.45, 2.75) is 0 Å². The number of hydrogen-bond acceptors (Lipinski definition) is 4. The van der Waals surface area contributed by atoms with Crippen LogP contribution in [0.5, 0.6) is 5.75 Å². The van der Waals surface area contributed by atoms with Crippen molar-refractivity contribution in [3.8, 4) is 11.8 Å². The minimum Gasteiger partial charge on any atom is -0.479 e. The molecule has 0 aliphatic heterocycles. The molecule has 0 radical (unpaired) electrons. The molecule has 21 heavy (non-hydrogen) atoms. The van der Waals surface area contributed by atoms with Crippen molar-refractivity contribution in [2.75, 3.05) is 11.9 Å². The Morgan fingerprint density at radius 3 is 3.00 bits per heavy atom. The quantitative estimate of drug-likeness (QED) is 0.815. The number of nitriles is 1. The second kappa shape index (κ2) is 7.62. The van der Waals surface area contributed by atoms with Crippen LogP contribution in [0, 0.1) is 11.3 Å². The molecule has 1 heterocycles. The second-order valence-corrected chi connectivity index (χ2v) is 6.43. The molecule has 4 nitrogen and oxygen atoms in total. The molecule has 2 rings (SSSR count). The molecule has 0 saturated carbocycles. The number of anilines is 1. The van der Waals surface area contributed by atoms with Crippen LogP contribution in [0.3, 0.4) is 0 Å². The summed E-state index contributed by atoms with van der Waals surface area (Å²) >= 11 is 4.92. The van der Waals surface area contributed by atoms with Crippen LogP contribution in [-0.4, -0.2) is 12.5 Å². The van der Waals surface area contributed by atoms with Gasteiger partial charge in [0.2, 0.25) is 5.91 Å². The molecule has 1 amide bonds. The summed E-state index contributed by atoms with van der Waals surface area (Å²) in [6, 6.07) is 12.7. The monoisotopic (exact) mass is 362 g/mol. The molecule has 0 fully saturated rings. The molecule has 0 unspecified atom stereocenters. The topological polar surface area (TPSA) is 62.1 Å². The Hall–Kier alpha value is -2.10. The predicted molar refractivity (Wildman–Crippen MR) is 87.2 cm³/mol. The lowest BCUT2D eigenvalue weighted by Gasteiger charge is -2.05. The van der Waals surface area contributed by atoms with E-state index >= 15 is 0 Å². The van der Waals surface area contributed by atoms with Crippen molar-refractivity contribution in [1.82, 2.24) is 0 Å². The summed E-state index contributed by atoms with van der Waals surface area (Å²) in [6.45, 7) is -0.0233. The van der Waals surface area contributed by atoms with Crippen molar-refractivity contribution < 1.29 is 9.53 Å². The first-order valence-electron chi connectivity index (χ1n) is 6.01. The highest BCUT2D eigenvalue weighted by Gasteiger charge is 2.01. The SMILES string of the molecule is N#CCOc1cccc(NC(=O)/C=C/c2ccc(Br)s2)c1. The fourth-order valence-corrected chi connectivity index (χ4v) is 2.87. The molecule has 0 saturated heterocycles. The van der Waals surface area contributed by atoms with Crippen LogP contribution >= 0.6 is 27.3 Å². The Morgan fingerprint density at radius 2 is 2.29 bits per heavy atom. The third kappa shape index (κ3) is 5.06. The van der Waals surface area contributed by atoms with Crippen molar-refractivity contribution in [3.63, 3.8) is 0 Å². The summed E-state index contributed by atoms with van der Waals surface area (Å²) in [5.41, 5.74) is 0.618. The highest BCUT2D eigenvalue weighted by atomic mass is 79.9. The minimum absolute atomic E-state index is 0.0233. The van der Waals surface area contributed by atoms with Crippen LogP contribution in [0.4, 0.5) is 5.69 Å². The predicted octanol–water partition coefficient (Wildman–Crippen LogP) is 4.06. The number of hydrogen-bond donors (Lipinski definition) is 1. The van der Waals surface area contributed by atoms with Gasteiger partial charge in [-0.25, -0.2) is 0 Å². The second-order valence-electron chi connectivity index (χ2n) is 3.94. The molecule has 1 N–H and O–H groups in total. The van der Waals surface area contributed by atoms with E-state index in [9.17, 15) is 4.79 Å². The van der Waals surface area contributed by atoms with Crippen molar-refractivity contribution in [1.29, 1.82) is 5.26 Å². The maximum atomic E-state index is 11.8. The van der Waals surface area contributed by atoms with E-state index in [4.69, 9.17) is 10.00 Å². The van der Waals surface area contributed by atoms with Gasteiger partial charge in [0, 0.05) is 22.7 Å². The first kappa shape index (κ1) is 15.3. The third-order valence-corrected chi connectivity index (χ3v) is 3.99. The Balaban J connectivity index is 1.96. The Kier molecular flexibility index (Phi) is 5.55. The lowest BCUT2D eigenvalue weighted by atomic mass is 10.3. The number of ether oxygens (including phenoxy) is 1.